The van der Waals surface area contributed by atoms with Gasteiger partial charge in [-0.3, -0.25) is 14.5 Å². The van der Waals surface area contributed by atoms with Crippen LogP contribution in [0.1, 0.15) is 28.8 Å². The lowest BCUT2D eigenvalue weighted by Gasteiger charge is -2.31. The van der Waals surface area contributed by atoms with Crippen LogP contribution in [0, 0.1) is 5.92 Å². The molecule has 34 heavy (non-hydrogen) atoms. The van der Waals surface area contributed by atoms with Crippen LogP contribution in [0.2, 0.25) is 0 Å². The first-order valence-electron chi connectivity index (χ1n) is 11.0. The van der Waals surface area contributed by atoms with Crippen molar-refractivity contribution in [2.45, 2.75) is 25.7 Å². The Morgan fingerprint density at radius 3 is 2.47 bits per heavy atom. The zero-order valence-electron chi connectivity index (χ0n) is 18.4. The number of rotatable bonds is 7. The van der Waals surface area contributed by atoms with Crippen LogP contribution in [0.5, 0.6) is 17.2 Å². The summed E-state index contributed by atoms with van der Waals surface area (Å²) in [4.78, 5) is 27.2. The molecule has 0 unspecified atom stereocenters. The van der Waals surface area contributed by atoms with E-state index in [1.165, 1.54) is 18.2 Å². The molecule has 1 fully saturated rings. The van der Waals surface area contributed by atoms with Crippen molar-refractivity contribution in [3.8, 4) is 17.2 Å². The third-order valence-electron chi connectivity index (χ3n) is 5.83. The number of nitrogens with one attached hydrogen (secondary N) is 1. The maximum Gasteiger partial charge on any atom is 0.573 e. The number of likely N-dealkylation sites (tertiary alicyclic amines) is 1. The maximum absolute atomic E-state index is 12.9. The summed E-state index contributed by atoms with van der Waals surface area (Å²) in [6.07, 6.45) is -3.58. The molecular weight excluding hydrogens is 453 g/mol. The van der Waals surface area contributed by atoms with Gasteiger partial charge in [-0.25, -0.2) is 0 Å². The zero-order valence-corrected chi connectivity index (χ0v) is 18.4. The Kier molecular flexibility index (Phi) is 7.26. The van der Waals surface area contributed by atoms with Gasteiger partial charge in [0.25, 0.3) is 0 Å². The van der Waals surface area contributed by atoms with Gasteiger partial charge in [0.05, 0.1) is 6.54 Å². The number of ether oxygens (including phenoxy) is 3. The van der Waals surface area contributed by atoms with Crippen LogP contribution < -0.4 is 19.5 Å². The number of piperidine rings is 1. The van der Waals surface area contributed by atoms with E-state index in [1.807, 2.05) is 4.90 Å². The molecule has 0 saturated carbocycles. The number of hydrogen-bond donors (Lipinski definition) is 1. The average molecular weight is 478 g/mol. The number of alkyl halides is 3. The zero-order chi connectivity index (χ0) is 24.1. The number of para-hydroxylation sites is 1. The van der Waals surface area contributed by atoms with E-state index in [4.69, 9.17) is 9.47 Å². The Morgan fingerprint density at radius 2 is 1.74 bits per heavy atom. The summed E-state index contributed by atoms with van der Waals surface area (Å²) >= 11 is 0. The number of nitrogens with zero attached hydrogens (tertiary/aromatic N) is 1. The van der Waals surface area contributed by atoms with Crippen LogP contribution >= 0.6 is 0 Å². The quantitative estimate of drug-likeness (QED) is 0.614. The first kappa shape index (κ1) is 23.9. The minimum atomic E-state index is -4.80. The molecule has 2 heterocycles. The fourth-order valence-corrected chi connectivity index (χ4v) is 4.11. The number of fused-ring (bicyclic) bond motifs is 1. The van der Waals surface area contributed by atoms with Crippen LogP contribution in [0.3, 0.4) is 0 Å². The number of benzene rings is 2. The Labute approximate surface area is 194 Å². The minimum Gasteiger partial charge on any atom is -0.486 e. The van der Waals surface area contributed by atoms with E-state index in [2.05, 4.69) is 10.1 Å². The van der Waals surface area contributed by atoms with Gasteiger partial charge in [-0.2, -0.15) is 0 Å². The van der Waals surface area contributed by atoms with Gasteiger partial charge < -0.3 is 19.5 Å². The third kappa shape index (κ3) is 6.19. The smallest absolute Gasteiger partial charge is 0.486 e. The fourth-order valence-electron chi connectivity index (χ4n) is 4.11. The second-order valence-electron chi connectivity index (χ2n) is 8.21. The van der Waals surface area contributed by atoms with E-state index in [-0.39, 0.29) is 42.0 Å². The molecule has 0 aromatic heterocycles. The highest BCUT2D eigenvalue weighted by molar-refractivity contribution is 5.98. The number of Topliss-reactive ketones (excluding diaryl/α,β-unsaturated/α-hetero) is 1. The number of amides is 1. The summed E-state index contributed by atoms with van der Waals surface area (Å²) in [5.41, 5.74) is 0.817. The monoisotopic (exact) mass is 478 g/mol. The fraction of sp³-hybridized carbons (Fsp3) is 0.417. The van der Waals surface area contributed by atoms with Crippen molar-refractivity contribution < 1.29 is 37.0 Å². The van der Waals surface area contributed by atoms with Crippen molar-refractivity contribution in [3.63, 3.8) is 0 Å². The Balaban J connectivity index is 1.24. The molecule has 0 aliphatic carbocycles. The lowest BCUT2D eigenvalue weighted by molar-refractivity contribution is -0.274. The van der Waals surface area contributed by atoms with Crippen molar-refractivity contribution in [2.24, 2.45) is 5.92 Å². The van der Waals surface area contributed by atoms with E-state index in [0.29, 0.717) is 56.2 Å². The van der Waals surface area contributed by atoms with E-state index in [0.717, 1.165) is 0 Å². The maximum atomic E-state index is 12.9. The van der Waals surface area contributed by atoms with E-state index in [9.17, 15) is 22.8 Å². The van der Waals surface area contributed by atoms with E-state index in [1.54, 1.807) is 24.3 Å². The highest BCUT2D eigenvalue weighted by atomic mass is 19.4. The van der Waals surface area contributed by atoms with E-state index < -0.39 is 6.36 Å². The van der Waals surface area contributed by atoms with Gasteiger partial charge >= 0.3 is 6.36 Å². The van der Waals surface area contributed by atoms with Gasteiger partial charge in [-0.05, 0) is 50.2 Å². The topological polar surface area (TPSA) is 77.1 Å². The molecule has 7 nitrogen and oxygen atoms in total. The molecule has 2 aliphatic rings. The molecule has 4 rings (SSSR count). The van der Waals surface area contributed by atoms with Crippen molar-refractivity contribution in [2.75, 3.05) is 32.8 Å². The molecular formula is C24H25F3N2O5. The van der Waals surface area contributed by atoms with Gasteiger partial charge in [0.15, 0.2) is 17.3 Å². The summed E-state index contributed by atoms with van der Waals surface area (Å²) in [5.74, 6) is 0.465. The summed E-state index contributed by atoms with van der Waals surface area (Å²) < 4.78 is 52.7. The standard InChI is InChI=1S/C24H25F3N2O5/c25-24(26,27)34-19-4-2-1-3-18(19)14-28-22(30)15-29-9-7-16(8-10-29)23(31)17-5-6-20-21(13-17)33-12-11-32-20/h1-6,13,16H,7-12,14-15H2,(H,28,30). The molecule has 10 heteroatoms. The van der Waals surface area contributed by atoms with Gasteiger partial charge in [0.1, 0.15) is 19.0 Å². The molecule has 0 atom stereocenters. The second-order valence-corrected chi connectivity index (χ2v) is 8.21. The number of hydrogen-bond acceptors (Lipinski definition) is 6. The second kappa shape index (κ2) is 10.3. The predicted molar refractivity (Wildman–Crippen MR) is 116 cm³/mol. The van der Waals surface area contributed by atoms with Crippen molar-refractivity contribution in [1.29, 1.82) is 0 Å². The summed E-state index contributed by atoms with van der Waals surface area (Å²) in [6.45, 7) is 2.11. The number of halogens is 3. The Bertz CT molecular complexity index is 1040. The van der Waals surface area contributed by atoms with Crippen LogP contribution in [0.15, 0.2) is 42.5 Å². The minimum absolute atomic E-state index is 0.0438. The van der Waals surface area contributed by atoms with Crippen molar-refractivity contribution in [3.05, 3.63) is 53.6 Å². The molecule has 1 amide bonds. The van der Waals surface area contributed by atoms with Crippen molar-refractivity contribution in [1.82, 2.24) is 10.2 Å². The first-order valence-corrected chi connectivity index (χ1v) is 11.0. The molecule has 1 N–H and O–H groups in total. The third-order valence-corrected chi connectivity index (χ3v) is 5.83. The molecule has 2 aliphatic heterocycles. The number of ketones is 1. The van der Waals surface area contributed by atoms with Crippen molar-refractivity contribution >= 4 is 11.7 Å². The lowest BCUT2D eigenvalue weighted by Crippen LogP contribution is -2.42. The highest BCUT2D eigenvalue weighted by Gasteiger charge is 2.32. The van der Waals surface area contributed by atoms with Gasteiger partial charge in [0, 0.05) is 23.6 Å². The first-order chi connectivity index (χ1) is 16.3. The van der Waals surface area contributed by atoms with E-state index >= 15 is 0 Å². The van der Waals surface area contributed by atoms with Crippen LogP contribution in [-0.4, -0.2) is 55.8 Å². The average Bonchev–Trinajstić information content (AvgIpc) is 2.82. The Hall–Kier alpha value is -3.27. The van der Waals surface area contributed by atoms with Crippen LogP contribution in [0.4, 0.5) is 13.2 Å². The molecule has 0 radical (unpaired) electrons. The van der Waals surface area contributed by atoms with Crippen LogP contribution in [-0.2, 0) is 11.3 Å². The molecule has 0 bridgehead atoms. The molecule has 2 aromatic rings. The highest BCUT2D eigenvalue weighted by Crippen LogP contribution is 2.32. The molecule has 0 spiro atoms. The molecule has 182 valence electrons. The normalized spacial score (nSPS) is 16.7. The Morgan fingerprint density at radius 1 is 1.03 bits per heavy atom. The lowest BCUT2D eigenvalue weighted by atomic mass is 9.88. The largest absolute Gasteiger partial charge is 0.573 e. The van der Waals surface area contributed by atoms with Gasteiger partial charge in [-0.1, -0.05) is 18.2 Å². The summed E-state index contributed by atoms with van der Waals surface area (Å²) in [6, 6.07) is 10.9. The van der Waals surface area contributed by atoms with Crippen LogP contribution in [0.25, 0.3) is 0 Å². The summed E-state index contributed by atoms with van der Waals surface area (Å²) in [7, 11) is 0. The number of carbonyl (C=O) groups excluding carboxylic acids is 2. The number of carbonyl (C=O) groups is 2. The van der Waals surface area contributed by atoms with Gasteiger partial charge in [-0.15, -0.1) is 13.2 Å². The SMILES string of the molecule is O=C(CN1CCC(C(=O)c2ccc3c(c2)OCCO3)CC1)NCc1ccccc1OC(F)(F)F. The summed E-state index contributed by atoms with van der Waals surface area (Å²) in [5, 5.41) is 2.64. The predicted octanol–water partition coefficient (Wildman–Crippen LogP) is 3.57. The molecule has 2 aromatic carbocycles. The van der Waals surface area contributed by atoms with Gasteiger partial charge in [0.2, 0.25) is 5.91 Å². The molecule has 1 saturated heterocycles.